The Bertz CT molecular complexity index is 1150. The van der Waals surface area contributed by atoms with Gasteiger partial charge >= 0.3 is 0 Å². The third-order valence-electron chi connectivity index (χ3n) is 5.26. The van der Waals surface area contributed by atoms with Crippen LogP contribution in [0.15, 0.2) is 58.5 Å². The minimum Gasteiger partial charge on any atom is -0.467 e. The quantitative estimate of drug-likeness (QED) is 0.431. The number of hydrogen-bond donors (Lipinski definition) is 2. The maximum atomic E-state index is 13.9. The molecule has 7 nitrogen and oxygen atoms in total. The number of halogens is 2. The Labute approximate surface area is 205 Å². The number of nitrogens with zero attached hydrogens (tertiary/aromatic N) is 1. The van der Waals surface area contributed by atoms with Crippen LogP contribution in [-0.2, 0) is 9.59 Å². The van der Waals surface area contributed by atoms with Crippen molar-refractivity contribution in [1.82, 2.24) is 10.6 Å². The van der Waals surface area contributed by atoms with Gasteiger partial charge in [0.1, 0.15) is 11.6 Å². The molecular formula is C24H25ClFN3O4S. The van der Waals surface area contributed by atoms with Crippen LogP contribution in [-0.4, -0.2) is 29.8 Å². The summed E-state index contributed by atoms with van der Waals surface area (Å²) in [5.41, 5.74) is -0.391. The fourth-order valence-corrected chi connectivity index (χ4v) is 3.93. The number of hydrogen-bond acceptors (Lipinski definition) is 5. The molecule has 3 aromatic rings. The van der Waals surface area contributed by atoms with E-state index in [1.807, 2.05) is 20.8 Å². The largest absolute Gasteiger partial charge is 0.467 e. The average molecular weight is 506 g/mol. The zero-order valence-corrected chi connectivity index (χ0v) is 20.5. The summed E-state index contributed by atoms with van der Waals surface area (Å²) < 4.78 is 19.4. The number of carbonyl (C=O) groups excluding carboxylic acids is 3. The van der Waals surface area contributed by atoms with E-state index in [2.05, 4.69) is 10.6 Å². The molecule has 34 heavy (non-hydrogen) atoms. The lowest BCUT2D eigenvalue weighted by Gasteiger charge is -2.33. The molecule has 2 heterocycles. The van der Waals surface area contributed by atoms with Crippen molar-refractivity contribution in [1.29, 1.82) is 0 Å². The zero-order chi connectivity index (χ0) is 24.9. The first-order valence-corrected chi connectivity index (χ1v) is 11.8. The van der Waals surface area contributed by atoms with Crippen molar-refractivity contribution >= 4 is 46.3 Å². The van der Waals surface area contributed by atoms with Gasteiger partial charge < -0.3 is 15.1 Å². The van der Waals surface area contributed by atoms with Gasteiger partial charge in [-0.05, 0) is 62.0 Å². The first-order valence-electron chi connectivity index (χ1n) is 10.6. The molecule has 0 aliphatic rings. The topological polar surface area (TPSA) is 91.7 Å². The van der Waals surface area contributed by atoms with Crippen molar-refractivity contribution in [2.75, 3.05) is 11.4 Å². The summed E-state index contributed by atoms with van der Waals surface area (Å²) in [4.78, 5) is 40.9. The molecule has 0 bridgehead atoms. The molecule has 2 N–H and O–H groups in total. The Balaban J connectivity index is 2.00. The molecule has 0 aliphatic carbocycles. The van der Waals surface area contributed by atoms with Gasteiger partial charge in [-0.3, -0.25) is 19.3 Å². The monoisotopic (exact) mass is 505 g/mol. The summed E-state index contributed by atoms with van der Waals surface area (Å²) in [6.45, 7) is 5.22. The first kappa shape index (κ1) is 25.5. The van der Waals surface area contributed by atoms with E-state index in [1.54, 1.807) is 29.6 Å². The normalized spacial score (nSPS) is 12.1. The van der Waals surface area contributed by atoms with E-state index >= 15 is 0 Å². The van der Waals surface area contributed by atoms with E-state index in [0.29, 0.717) is 11.3 Å². The van der Waals surface area contributed by atoms with Crippen LogP contribution in [0.1, 0.15) is 48.7 Å². The zero-order valence-electron chi connectivity index (χ0n) is 18.9. The Kier molecular flexibility index (Phi) is 8.11. The lowest BCUT2D eigenvalue weighted by molar-refractivity contribution is -0.128. The number of furan rings is 1. The lowest BCUT2D eigenvalue weighted by atomic mass is 10.0. The van der Waals surface area contributed by atoms with Gasteiger partial charge in [-0.15, -0.1) is 11.3 Å². The molecule has 0 fully saturated rings. The number of benzene rings is 1. The number of amides is 3. The lowest BCUT2D eigenvalue weighted by Crippen LogP contribution is -2.52. The van der Waals surface area contributed by atoms with Gasteiger partial charge in [0.25, 0.3) is 11.8 Å². The van der Waals surface area contributed by atoms with Crippen molar-refractivity contribution in [3.05, 3.63) is 75.6 Å². The maximum absolute atomic E-state index is 13.9. The molecule has 3 amide bonds. The molecule has 3 rings (SSSR count). The minimum atomic E-state index is -1.23. The van der Waals surface area contributed by atoms with Crippen molar-refractivity contribution in [3.8, 4) is 0 Å². The number of carbonyl (C=O) groups is 3. The van der Waals surface area contributed by atoms with Crippen molar-refractivity contribution in [3.63, 3.8) is 0 Å². The fourth-order valence-electron chi connectivity index (χ4n) is 3.12. The van der Waals surface area contributed by atoms with Crippen LogP contribution in [0.2, 0.25) is 5.02 Å². The van der Waals surface area contributed by atoms with Gasteiger partial charge in [0.2, 0.25) is 5.91 Å². The van der Waals surface area contributed by atoms with E-state index in [4.69, 9.17) is 16.0 Å². The van der Waals surface area contributed by atoms with E-state index < -0.39 is 41.7 Å². The SMILES string of the molecule is CCC(C)(C)NC(=O)C(c1ccco1)N(C(=O)CNC(=O)c1cccs1)c1ccc(F)c(Cl)c1. The summed E-state index contributed by atoms with van der Waals surface area (Å²) in [5, 5.41) is 7.03. The maximum Gasteiger partial charge on any atom is 0.261 e. The van der Waals surface area contributed by atoms with Crippen molar-refractivity contribution < 1.29 is 23.2 Å². The van der Waals surface area contributed by atoms with Crippen LogP contribution in [0.25, 0.3) is 0 Å². The summed E-state index contributed by atoms with van der Waals surface area (Å²) in [6.07, 6.45) is 2.02. The summed E-state index contributed by atoms with van der Waals surface area (Å²) >= 11 is 7.22. The van der Waals surface area contributed by atoms with E-state index in [1.165, 1.54) is 29.7 Å². The van der Waals surface area contributed by atoms with Gasteiger partial charge in [0.05, 0.1) is 22.7 Å². The summed E-state index contributed by atoms with van der Waals surface area (Å²) in [7, 11) is 0. The molecule has 1 aromatic carbocycles. The smallest absolute Gasteiger partial charge is 0.261 e. The number of thiophene rings is 1. The standard InChI is InChI=1S/C24H25ClFN3O4S/c1-4-24(2,3)28-23(32)21(18-7-5-11-33-18)29(15-9-10-17(26)16(25)13-15)20(30)14-27-22(31)19-8-6-12-34-19/h5-13,21H,4,14H2,1-3H3,(H,27,31)(H,28,32). The highest BCUT2D eigenvalue weighted by Crippen LogP contribution is 2.31. The predicted molar refractivity (Wildman–Crippen MR) is 130 cm³/mol. The Hall–Kier alpha value is -3.17. The Morgan fingerprint density at radius 3 is 2.56 bits per heavy atom. The van der Waals surface area contributed by atoms with Gasteiger partial charge in [0, 0.05) is 11.2 Å². The second-order valence-electron chi connectivity index (χ2n) is 8.17. The molecule has 0 saturated carbocycles. The Morgan fingerprint density at radius 1 is 1.21 bits per heavy atom. The predicted octanol–water partition coefficient (Wildman–Crippen LogP) is 4.94. The average Bonchev–Trinajstić information content (AvgIpc) is 3.51. The Morgan fingerprint density at radius 2 is 1.97 bits per heavy atom. The molecule has 10 heteroatoms. The van der Waals surface area contributed by atoms with Crippen LogP contribution >= 0.6 is 22.9 Å². The highest BCUT2D eigenvalue weighted by atomic mass is 35.5. The molecule has 0 radical (unpaired) electrons. The van der Waals surface area contributed by atoms with Gasteiger partial charge in [0.15, 0.2) is 6.04 Å². The molecular weight excluding hydrogens is 481 g/mol. The summed E-state index contributed by atoms with van der Waals surface area (Å²) in [5.74, 6) is -2.01. The van der Waals surface area contributed by atoms with Crippen LogP contribution < -0.4 is 15.5 Å². The molecule has 180 valence electrons. The van der Waals surface area contributed by atoms with Crippen LogP contribution in [0.5, 0.6) is 0 Å². The summed E-state index contributed by atoms with van der Waals surface area (Å²) in [6, 6.07) is 8.99. The number of nitrogens with one attached hydrogen (secondary N) is 2. The second kappa shape index (κ2) is 10.8. The third-order valence-corrected chi connectivity index (χ3v) is 6.42. The van der Waals surface area contributed by atoms with Crippen molar-refractivity contribution in [2.24, 2.45) is 0 Å². The van der Waals surface area contributed by atoms with Gasteiger partial charge in [-0.25, -0.2) is 4.39 Å². The van der Waals surface area contributed by atoms with E-state index in [-0.39, 0.29) is 16.5 Å². The third kappa shape index (κ3) is 6.03. The van der Waals surface area contributed by atoms with E-state index in [9.17, 15) is 18.8 Å². The minimum absolute atomic E-state index is 0.174. The molecule has 2 aromatic heterocycles. The molecule has 0 saturated heterocycles. The van der Waals surface area contributed by atoms with Gasteiger partial charge in [-0.2, -0.15) is 0 Å². The first-order chi connectivity index (χ1) is 16.1. The molecule has 1 unspecified atom stereocenters. The molecule has 0 aliphatic heterocycles. The highest BCUT2D eigenvalue weighted by Gasteiger charge is 2.37. The van der Waals surface area contributed by atoms with Crippen molar-refractivity contribution in [2.45, 2.75) is 38.8 Å². The van der Waals surface area contributed by atoms with E-state index in [0.717, 1.165) is 11.0 Å². The molecule has 1 atom stereocenters. The fraction of sp³-hybridized carbons (Fsp3) is 0.292. The highest BCUT2D eigenvalue weighted by molar-refractivity contribution is 7.12. The number of rotatable bonds is 9. The molecule has 0 spiro atoms. The van der Waals surface area contributed by atoms with Crippen LogP contribution in [0.4, 0.5) is 10.1 Å². The number of anilines is 1. The van der Waals surface area contributed by atoms with Crippen LogP contribution in [0.3, 0.4) is 0 Å². The van der Waals surface area contributed by atoms with Crippen LogP contribution in [0, 0.1) is 5.82 Å². The van der Waals surface area contributed by atoms with Gasteiger partial charge in [-0.1, -0.05) is 24.6 Å². The second-order valence-corrected chi connectivity index (χ2v) is 9.52.